The second kappa shape index (κ2) is 5.62. The first-order valence-electron chi connectivity index (χ1n) is 6.00. The van der Waals surface area contributed by atoms with Crippen molar-refractivity contribution in [1.82, 2.24) is 10.2 Å². The Morgan fingerprint density at radius 2 is 2.32 bits per heavy atom. The lowest BCUT2D eigenvalue weighted by atomic mass is 10.1. The first-order chi connectivity index (χ1) is 9.11. The Bertz CT molecular complexity index is 566. The Labute approximate surface area is 111 Å². The number of aromatic nitrogens is 2. The Hall–Kier alpha value is -2.21. The summed E-state index contributed by atoms with van der Waals surface area (Å²) in [7, 11) is 0. The predicted octanol–water partition coefficient (Wildman–Crippen LogP) is 1.58. The van der Waals surface area contributed by atoms with Crippen LogP contribution in [0, 0.1) is 12.8 Å². The molecular weight excluding hydrogens is 244 g/mol. The summed E-state index contributed by atoms with van der Waals surface area (Å²) >= 11 is 0. The molecule has 0 radical (unpaired) electrons. The number of nitrogens with two attached hydrogens (primary N) is 1. The minimum atomic E-state index is -0.213. The number of carbonyl (C=O) groups is 1. The van der Waals surface area contributed by atoms with Gasteiger partial charge in [0.1, 0.15) is 0 Å². The minimum Gasteiger partial charge on any atom is -0.423 e. The molecule has 19 heavy (non-hydrogen) atoms. The van der Waals surface area contributed by atoms with Gasteiger partial charge in [0.25, 0.3) is 0 Å². The van der Waals surface area contributed by atoms with Crippen molar-refractivity contribution < 1.29 is 9.21 Å². The van der Waals surface area contributed by atoms with Crippen molar-refractivity contribution in [3.8, 4) is 11.5 Å². The number of carbonyl (C=O) groups excluding carboxylic acids is 1. The van der Waals surface area contributed by atoms with Gasteiger partial charge in [-0.05, 0) is 30.7 Å². The highest BCUT2D eigenvalue weighted by atomic mass is 16.4. The average Bonchev–Trinajstić information content (AvgIpc) is 2.94. The Morgan fingerprint density at radius 1 is 1.53 bits per heavy atom. The van der Waals surface area contributed by atoms with Gasteiger partial charge in [-0.2, -0.15) is 0 Å². The molecular formula is C13H16N4O2. The maximum Gasteiger partial charge on any atom is 0.247 e. The van der Waals surface area contributed by atoms with E-state index in [2.05, 4.69) is 15.5 Å². The van der Waals surface area contributed by atoms with Crippen molar-refractivity contribution >= 4 is 11.6 Å². The van der Waals surface area contributed by atoms with Gasteiger partial charge in [-0.25, -0.2) is 0 Å². The van der Waals surface area contributed by atoms with Crippen molar-refractivity contribution in [2.24, 2.45) is 11.7 Å². The molecule has 0 fully saturated rings. The normalized spacial score (nSPS) is 12.2. The highest BCUT2D eigenvalue weighted by Gasteiger charge is 2.13. The molecule has 0 saturated carbocycles. The van der Waals surface area contributed by atoms with Crippen LogP contribution < -0.4 is 11.1 Å². The van der Waals surface area contributed by atoms with E-state index in [9.17, 15) is 4.79 Å². The maximum absolute atomic E-state index is 11.8. The summed E-state index contributed by atoms with van der Waals surface area (Å²) in [6.45, 7) is 4.02. The molecule has 1 heterocycles. The quantitative estimate of drug-likeness (QED) is 0.870. The fourth-order valence-electron chi connectivity index (χ4n) is 1.60. The molecule has 2 aromatic rings. The number of benzene rings is 1. The lowest BCUT2D eigenvalue weighted by Crippen LogP contribution is -2.26. The van der Waals surface area contributed by atoms with Gasteiger partial charge in [-0.1, -0.05) is 6.92 Å². The second-order valence-electron chi connectivity index (χ2n) is 4.40. The smallest absolute Gasteiger partial charge is 0.247 e. The molecule has 0 spiro atoms. The Kier molecular flexibility index (Phi) is 3.91. The van der Waals surface area contributed by atoms with Crippen LogP contribution in [0.5, 0.6) is 0 Å². The van der Waals surface area contributed by atoms with E-state index in [-0.39, 0.29) is 11.8 Å². The van der Waals surface area contributed by atoms with Gasteiger partial charge >= 0.3 is 0 Å². The minimum absolute atomic E-state index is 0.0869. The van der Waals surface area contributed by atoms with Gasteiger partial charge in [0, 0.05) is 23.7 Å². The molecule has 0 aliphatic carbocycles. The largest absolute Gasteiger partial charge is 0.423 e. The summed E-state index contributed by atoms with van der Waals surface area (Å²) in [5.41, 5.74) is 7.97. The van der Waals surface area contributed by atoms with E-state index in [1.54, 1.807) is 6.92 Å². The van der Waals surface area contributed by atoms with E-state index in [1.165, 1.54) is 6.39 Å². The summed E-state index contributed by atoms with van der Waals surface area (Å²) in [5.74, 6) is 0.155. The molecule has 0 saturated heterocycles. The number of rotatable bonds is 4. The zero-order chi connectivity index (χ0) is 13.8. The monoisotopic (exact) mass is 260 g/mol. The molecule has 1 amide bonds. The number of hydrogen-bond acceptors (Lipinski definition) is 5. The molecule has 6 heteroatoms. The van der Waals surface area contributed by atoms with E-state index >= 15 is 0 Å². The van der Waals surface area contributed by atoms with Gasteiger partial charge in [-0.3, -0.25) is 4.79 Å². The lowest BCUT2D eigenvalue weighted by Gasteiger charge is -2.12. The Morgan fingerprint density at radius 3 is 2.89 bits per heavy atom. The number of amides is 1. The Balaban J connectivity index is 2.18. The van der Waals surface area contributed by atoms with Gasteiger partial charge in [0.05, 0.1) is 0 Å². The van der Waals surface area contributed by atoms with Crippen molar-refractivity contribution in [1.29, 1.82) is 0 Å². The van der Waals surface area contributed by atoms with E-state index in [0.29, 0.717) is 12.4 Å². The van der Waals surface area contributed by atoms with Crippen LogP contribution in [0.2, 0.25) is 0 Å². The van der Waals surface area contributed by atoms with Crippen LogP contribution in [0.3, 0.4) is 0 Å². The molecule has 1 aromatic heterocycles. The highest BCUT2D eigenvalue weighted by molar-refractivity contribution is 5.93. The number of hydrogen-bond donors (Lipinski definition) is 2. The molecule has 6 nitrogen and oxygen atoms in total. The standard InChI is InChI=1S/C13H16N4O2/c1-8-5-10(13-17-15-7-19-13)3-4-11(8)16-12(18)9(2)6-14/h3-5,7,9H,6,14H2,1-2H3,(H,16,18). The van der Waals surface area contributed by atoms with Crippen molar-refractivity contribution in [3.05, 3.63) is 30.2 Å². The number of nitrogens with one attached hydrogen (secondary N) is 1. The molecule has 0 aliphatic rings. The van der Waals surface area contributed by atoms with Crippen LogP contribution in [0.25, 0.3) is 11.5 Å². The average molecular weight is 260 g/mol. The first kappa shape index (κ1) is 13.2. The van der Waals surface area contributed by atoms with E-state index in [0.717, 1.165) is 16.8 Å². The maximum atomic E-state index is 11.8. The van der Waals surface area contributed by atoms with Crippen molar-refractivity contribution in [2.75, 3.05) is 11.9 Å². The molecule has 1 atom stereocenters. The number of anilines is 1. The van der Waals surface area contributed by atoms with Crippen molar-refractivity contribution in [2.45, 2.75) is 13.8 Å². The van der Waals surface area contributed by atoms with Crippen LogP contribution in [0.4, 0.5) is 5.69 Å². The predicted molar refractivity (Wildman–Crippen MR) is 71.3 cm³/mol. The number of aryl methyl sites for hydroxylation is 1. The zero-order valence-electron chi connectivity index (χ0n) is 10.9. The van der Waals surface area contributed by atoms with E-state index in [1.807, 2.05) is 25.1 Å². The van der Waals surface area contributed by atoms with Gasteiger partial charge < -0.3 is 15.5 Å². The topological polar surface area (TPSA) is 94.0 Å². The van der Waals surface area contributed by atoms with Crippen LogP contribution in [-0.4, -0.2) is 22.6 Å². The molecule has 1 aromatic carbocycles. The molecule has 2 rings (SSSR count). The summed E-state index contributed by atoms with van der Waals surface area (Å²) in [5, 5.41) is 10.3. The molecule has 0 aliphatic heterocycles. The third-order valence-corrected chi connectivity index (χ3v) is 2.89. The first-order valence-corrected chi connectivity index (χ1v) is 6.00. The lowest BCUT2D eigenvalue weighted by molar-refractivity contribution is -0.119. The van der Waals surface area contributed by atoms with Gasteiger partial charge in [0.2, 0.25) is 18.2 Å². The molecule has 3 N–H and O–H groups in total. The van der Waals surface area contributed by atoms with Gasteiger partial charge in [0.15, 0.2) is 0 Å². The molecule has 0 bridgehead atoms. The van der Waals surface area contributed by atoms with Gasteiger partial charge in [-0.15, -0.1) is 10.2 Å². The molecule has 100 valence electrons. The van der Waals surface area contributed by atoms with Crippen LogP contribution in [0.15, 0.2) is 29.0 Å². The third-order valence-electron chi connectivity index (χ3n) is 2.89. The SMILES string of the molecule is Cc1cc(-c2nnco2)ccc1NC(=O)C(C)CN. The van der Waals surface area contributed by atoms with Crippen LogP contribution >= 0.6 is 0 Å². The summed E-state index contributed by atoms with van der Waals surface area (Å²) in [4.78, 5) is 11.8. The van der Waals surface area contributed by atoms with Crippen molar-refractivity contribution in [3.63, 3.8) is 0 Å². The fraction of sp³-hybridized carbons (Fsp3) is 0.308. The third kappa shape index (κ3) is 2.97. The fourth-order valence-corrected chi connectivity index (χ4v) is 1.60. The highest BCUT2D eigenvalue weighted by Crippen LogP contribution is 2.23. The van der Waals surface area contributed by atoms with E-state index in [4.69, 9.17) is 10.2 Å². The summed E-state index contributed by atoms with van der Waals surface area (Å²) in [6.07, 6.45) is 1.28. The van der Waals surface area contributed by atoms with Crippen LogP contribution in [-0.2, 0) is 4.79 Å². The van der Waals surface area contributed by atoms with E-state index < -0.39 is 0 Å². The summed E-state index contributed by atoms with van der Waals surface area (Å²) in [6, 6.07) is 5.52. The zero-order valence-corrected chi connectivity index (χ0v) is 10.9. The number of nitrogens with zero attached hydrogens (tertiary/aromatic N) is 2. The second-order valence-corrected chi connectivity index (χ2v) is 4.40. The van der Waals surface area contributed by atoms with Crippen LogP contribution in [0.1, 0.15) is 12.5 Å². The summed E-state index contributed by atoms with van der Waals surface area (Å²) < 4.78 is 5.13. The molecule has 1 unspecified atom stereocenters.